The first-order valence-corrected chi connectivity index (χ1v) is 6.82. The lowest BCUT2D eigenvalue weighted by molar-refractivity contribution is -0.384. The quantitative estimate of drug-likeness (QED) is 0.421. The summed E-state index contributed by atoms with van der Waals surface area (Å²) in [7, 11) is 0. The van der Waals surface area contributed by atoms with Crippen molar-refractivity contribution >= 4 is 23.3 Å². The number of aliphatic hydroxyl groups is 1. The van der Waals surface area contributed by atoms with Gasteiger partial charge in [-0.25, -0.2) is 4.98 Å². The molecule has 1 aromatic heterocycles. The van der Waals surface area contributed by atoms with E-state index in [0.717, 1.165) is 17.9 Å². The summed E-state index contributed by atoms with van der Waals surface area (Å²) in [6.45, 7) is 0.677. The van der Waals surface area contributed by atoms with Crippen molar-refractivity contribution in [3.05, 3.63) is 27.9 Å². The van der Waals surface area contributed by atoms with E-state index in [0.29, 0.717) is 6.54 Å². The lowest BCUT2D eigenvalue weighted by Gasteiger charge is -2.06. The van der Waals surface area contributed by atoms with Gasteiger partial charge in [0.15, 0.2) is 0 Å². The van der Waals surface area contributed by atoms with Crippen molar-refractivity contribution in [3.63, 3.8) is 0 Å². The summed E-state index contributed by atoms with van der Waals surface area (Å²) in [5.74, 6) is 1.70. The molecular formula is C11H14N4O3S. The number of rotatable bonds is 8. The first-order chi connectivity index (χ1) is 9.20. The van der Waals surface area contributed by atoms with Crippen LogP contribution in [0.3, 0.4) is 0 Å². The second-order valence-electron chi connectivity index (χ2n) is 3.54. The van der Waals surface area contributed by atoms with Crippen LogP contribution in [-0.2, 0) is 0 Å². The average molecular weight is 282 g/mol. The SMILES string of the molecule is N#Cc1ccnc(NCCSCCCO)c1[N+](=O)[O-]. The van der Waals surface area contributed by atoms with E-state index in [-0.39, 0.29) is 23.7 Å². The van der Waals surface area contributed by atoms with Crippen LogP contribution in [0.4, 0.5) is 11.5 Å². The molecule has 0 unspecified atom stereocenters. The maximum Gasteiger partial charge on any atom is 0.328 e. The van der Waals surface area contributed by atoms with Crippen molar-refractivity contribution in [1.29, 1.82) is 5.26 Å². The number of pyridine rings is 1. The van der Waals surface area contributed by atoms with Crippen LogP contribution in [0.25, 0.3) is 0 Å². The van der Waals surface area contributed by atoms with Crippen LogP contribution in [0.2, 0.25) is 0 Å². The minimum Gasteiger partial charge on any atom is -0.396 e. The number of nitriles is 1. The van der Waals surface area contributed by atoms with Gasteiger partial charge >= 0.3 is 5.69 Å². The van der Waals surface area contributed by atoms with Crippen molar-refractivity contribution in [2.24, 2.45) is 0 Å². The first-order valence-electron chi connectivity index (χ1n) is 5.66. The molecule has 19 heavy (non-hydrogen) atoms. The van der Waals surface area contributed by atoms with Gasteiger partial charge in [0, 0.05) is 25.1 Å². The normalized spacial score (nSPS) is 9.89. The lowest BCUT2D eigenvalue weighted by Crippen LogP contribution is -2.09. The van der Waals surface area contributed by atoms with Gasteiger partial charge in [0.2, 0.25) is 5.82 Å². The highest BCUT2D eigenvalue weighted by atomic mass is 32.2. The van der Waals surface area contributed by atoms with Crippen molar-refractivity contribution in [2.75, 3.05) is 30.0 Å². The third-order valence-electron chi connectivity index (χ3n) is 2.21. The molecule has 0 spiro atoms. The predicted molar refractivity (Wildman–Crippen MR) is 73.1 cm³/mol. The number of anilines is 1. The maximum absolute atomic E-state index is 10.9. The molecule has 8 heteroatoms. The Kier molecular flexibility index (Phi) is 6.63. The zero-order valence-corrected chi connectivity index (χ0v) is 11.0. The monoisotopic (exact) mass is 282 g/mol. The van der Waals surface area contributed by atoms with E-state index >= 15 is 0 Å². The first kappa shape index (κ1) is 15.2. The molecule has 0 saturated heterocycles. The smallest absolute Gasteiger partial charge is 0.328 e. The van der Waals surface area contributed by atoms with Crippen LogP contribution in [0, 0.1) is 21.4 Å². The summed E-state index contributed by atoms with van der Waals surface area (Å²) in [5.41, 5.74) is -0.291. The third-order valence-corrected chi connectivity index (χ3v) is 3.28. The molecule has 0 bridgehead atoms. The Labute approximate surface area is 114 Å². The molecule has 2 N–H and O–H groups in total. The molecule has 0 amide bonds. The van der Waals surface area contributed by atoms with Crippen LogP contribution >= 0.6 is 11.8 Å². The summed E-state index contributed by atoms with van der Waals surface area (Å²) in [5, 5.41) is 31.2. The minimum absolute atomic E-state index is 0.00423. The van der Waals surface area contributed by atoms with Gasteiger partial charge in [-0.15, -0.1) is 0 Å². The van der Waals surface area contributed by atoms with Crippen LogP contribution < -0.4 is 5.32 Å². The Balaban J connectivity index is 2.59. The van der Waals surface area contributed by atoms with Gasteiger partial charge in [-0.3, -0.25) is 10.1 Å². The van der Waals surface area contributed by atoms with Crippen molar-refractivity contribution < 1.29 is 10.0 Å². The second-order valence-corrected chi connectivity index (χ2v) is 4.77. The second kappa shape index (κ2) is 8.29. The molecule has 102 valence electrons. The van der Waals surface area contributed by atoms with Crippen LogP contribution in [-0.4, -0.2) is 39.7 Å². The molecule has 1 rings (SSSR count). The number of hydrogen-bond donors (Lipinski definition) is 2. The zero-order valence-electron chi connectivity index (χ0n) is 10.2. The Morgan fingerprint density at radius 2 is 2.37 bits per heavy atom. The highest BCUT2D eigenvalue weighted by Gasteiger charge is 2.20. The Bertz CT molecular complexity index is 475. The number of aliphatic hydroxyl groups excluding tert-OH is 1. The van der Waals surface area contributed by atoms with E-state index in [1.165, 1.54) is 12.3 Å². The minimum atomic E-state index is -0.604. The summed E-state index contributed by atoms with van der Waals surface area (Å²) < 4.78 is 0. The van der Waals surface area contributed by atoms with Gasteiger partial charge < -0.3 is 10.4 Å². The third kappa shape index (κ3) is 4.73. The summed E-state index contributed by atoms with van der Waals surface area (Å²) in [6.07, 6.45) is 2.10. The fourth-order valence-corrected chi connectivity index (χ4v) is 2.15. The van der Waals surface area contributed by atoms with Crippen molar-refractivity contribution in [1.82, 2.24) is 4.98 Å². The highest BCUT2D eigenvalue weighted by molar-refractivity contribution is 7.99. The topological polar surface area (TPSA) is 112 Å². The standard InChI is InChI=1S/C11H14N4O3S/c12-8-9-2-3-13-11(10(9)15(17)18)14-4-7-19-6-1-5-16/h2-3,16H,1,4-7H2,(H,13,14). The van der Waals surface area contributed by atoms with Crippen molar-refractivity contribution in [2.45, 2.75) is 6.42 Å². The van der Waals surface area contributed by atoms with Gasteiger partial charge in [0.25, 0.3) is 0 Å². The number of nitrogens with zero attached hydrogens (tertiary/aromatic N) is 3. The highest BCUT2D eigenvalue weighted by Crippen LogP contribution is 2.25. The van der Waals surface area contributed by atoms with Gasteiger partial charge in [-0.1, -0.05) is 0 Å². The number of aromatic nitrogens is 1. The molecular weight excluding hydrogens is 268 g/mol. The van der Waals surface area contributed by atoms with E-state index in [9.17, 15) is 10.1 Å². The van der Waals surface area contributed by atoms with E-state index in [2.05, 4.69) is 10.3 Å². The molecule has 0 aromatic carbocycles. The van der Waals surface area contributed by atoms with Gasteiger partial charge in [-0.05, 0) is 18.2 Å². The molecule has 0 atom stereocenters. The fourth-order valence-electron chi connectivity index (χ4n) is 1.37. The Morgan fingerprint density at radius 1 is 1.58 bits per heavy atom. The molecule has 0 aliphatic rings. The maximum atomic E-state index is 10.9. The summed E-state index contributed by atoms with van der Waals surface area (Å²) in [6, 6.07) is 3.10. The number of hydrogen-bond acceptors (Lipinski definition) is 7. The number of nitro groups is 1. The molecule has 1 heterocycles. The molecule has 0 aliphatic heterocycles. The average Bonchev–Trinajstić information content (AvgIpc) is 2.42. The van der Waals surface area contributed by atoms with Crippen LogP contribution in [0.15, 0.2) is 12.3 Å². The summed E-state index contributed by atoms with van der Waals surface area (Å²) >= 11 is 1.64. The number of nitrogens with one attached hydrogen (secondary N) is 1. The van der Waals surface area contributed by atoms with Gasteiger partial charge in [0.1, 0.15) is 11.6 Å². The molecule has 0 radical (unpaired) electrons. The molecule has 0 saturated carbocycles. The van der Waals surface area contributed by atoms with E-state index in [1.54, 1.807) is 17.8 Å². The largest absolute Gasteiger partial charge is 0.396 e. The van der Waals surface area contributed by atoms with Crippen LogP contribution in [0.5, 0.6) is 0 Å². The molecule has 0 fully saturated rings. The zero-order chi connectivity index (χ0) is 14.1. The lowest BCUT2D eigenvalue weighted by atomic mass is 10.2. The predicted octanol–water partition coefficient (Wildman–Crippen LogP) is 1.39. The van der Waals surface area contributed by atoms with Gasteiger partial charge in [0.05, 0.1) is 4.92 Å². The van der Waals surface area contributed by atoms with E-state index in [4.69, 9.17) is 10.4 Å². The molecule has 0 aliphatic carbocycles. The van der Waals surface area contributed by atoms with E-state index in [1.807, 2.05) is 0 Å². The molecule has 7 nitrogen and oxygen atoms in total. The van der Waals surface area contributed by atoms with Gasteiger partial charge in [-0.2, -0.15) is 17.0 Å². The van der Waals surface area contributed by atoms with Crippen LogP contribution in [0.1, 0.15) is 12.0 Å². The number of thioether (sulfide) groups is 1. The Hall–Kier alpha value is -1.85. The van der Waals surface area contributed by atoms with Crippen molar-refractivity contribution in [3.8, 4) is 6.07 Å². The fraction of sp³-hybridized carbons (Fsp3) is 0.455. The molecule has 1 aromatic rings. The Morgan fingerprint density at radius 3 is 3.00 bits per heavy atom. The van der Waals surface area contributed by atoms with E-state index < -0.39 is 4.92 Å². The summed E-state index contributed by atoms with van der Waals surface area (Å²) in [4.78, 5) is 14.2.